The van der Waals surface area contributed by atoms with Crippen LogP contribution in [0.1, 0.15) is 47.6 Å². The van der Waals surface area contributed by atoms with E-state index in [0.717, 1.165) is 36.1 Å². The molecule has 0 fully saturated rings. The third-order valence-electron chi connectivity index (χ3n) is 6.17. The molecule has 1 aliphatic carbocycles. The fourth-order valence-electron chi connectivity index (χ4n) is 4.40. The van der Waals surface area contributed by atoms with E-state index in [-0.39, 0.29) is 17.9 Å². The van der Waals surface area contributed by atoms with Crippen molar-refractivity contribution >= 4 is 23.1 Å². The number of carbonyl (C=O) groups excluding carboxylic acids is 2. The lowest BCUT2D eigenvalue weighted by molar-refractivity contribution is -0.140. The van der Waals surface area contributed by atoms with Crippen LogP contribution < -0.4 is 10.6 Å². The second-order valence-electron chi connectivity index (χ2n) is 8.05. The highest BCUT2D eigenvalue weighted by atomic mass is 16.5. The molecule has 6 heteroatoms. The number of carbonyl (C=O) groups is 2. The number of ether oxygens (including phenoxy) is 2. The smallest absolute Gasteiger partial charge is 0.305 e. The zero-order chi connectivity index (χ0) is 22.0. The summed E-state index contributed by atoms with van der Waals surface area (Å²) < 4.78 is 10.3. The average Bonchev–Trinajstić information content (AvgIpc) is 3.14. The number of aryl methyl sites for hydroxylation is 2. The van der Waals surface area contributed by atoms with Gasteiger partial charge in [0.25, 0.3) is 5.91 Å². The van der Waals surface area contributed by atoms with E-state index in [1.807, 2.05) is 30.3 Å². The summed E-state index contributed by atoms with van der Waals surface area (Å²) in [7, 11) is 2.99. The first-order valence-corrected chi connectivity index (χ1v) is 10.7. The number of fused-ring (bicyclic) bond motifs is 1. The van der Waals surface area contributed by atoms with E-state index in [1.165, 1.54) is 18.2 Å². The molecule has 162 valence electrons. The molecule has 4 rings (SSSR count). The molecule has 1 aliphatic heterocycles. The summed E-state index contributed by atoms with van der Waals surface area (Å²) in [5, 5.41) is 0. The van der Waals surface area contributed by atoms with Crippen molar-refractivity contribution in [1.82, 2.24) is 0 Å². The molecule has 0 aromatic heterocycles. The van der Waals surface area contributed by atoms with Crippen molar-refractivity contribution in [3.63, 3.8) is 0 Å². The van der Waals surface area contributed by atoms with E-state index >= 15 is 0 Å². The Morgan fingerprint density at radius 3 is 2.65 bits per heavy atom. The monoisotopic (exact) mass is 420 g/mol. The van der Waals surface area contributed by atoms with Crippen molar-refractivity contribution in [2.24, 2.45) is 5.73 Å². The lowest BCUT2D eigenvalue weighted by atomic mass is 9.88. The Kier molecular flexibility index (Phi) is 6.09. The molecule has 0 saturated heterocycles. The Bertz CT molecular complexity index is 1030. The Hall–Kier alpha value is -3.12. The van der Waals surface area contributed by atoms with Gasteiger partial charge in [-0.05, 0) is 60.1 Å². The van der Waals surface area contributed by atoms with Gasteiger partial charge in [0.2, 0.25) is 0 Å². The lowest BCUT2D eigenvalue weighted by Crippen LogP contribution is -2.27. The molecular formula is C25H28N2O4. The number of nitrogens with zero attached hydrogens (tertiary/aromatic N) is 1. The zero-order valence-corrected chi connectivity index (χ0v) is 18.0. The molecule has 6 nitrogen and oxygen atoms in total. The second-order valence-corrected chi connectivity index (χ2v) is 8.05. The van der Waals surface area contributed by atoms with E-state index in [0.29, 0.717) is 30.7 Å². The Balaban J connectivity index is 1.55. The van der Waals surface area contributed by atoms with Gasteiger partial charge in [-0.2, -0.15) is 0 Å². The molecule has 1 amide bonds. The number of methoxy groups -OCH3 is 2. The van der Waals surface area contributed by atoms with E-state index in [4.69, 9.17) is 15.2 Å². The van der Waals surface area contributed by atoms with Gasteiger partial charge in [0.1, 0.15) is 5.76 Å². The maximum absolute atomic E-state index is 13.3. The van der Waals surface area contributed by atoms with Gasteiger partial charge in [-0.1, -0.05) is 30.3 Å². The largest absolute Gasteiger partial charge is 0.498 e. The highest BCUT2D eigenvalue weighted by Crippen LogP contribution is 2.36. The summed E-state index contributed by atoms with van der Waals surface area (Å²) >= 11 is 0. The van der Waals surface area contributed by atoms with Crippen molar-refractivity contribution < 1.29 is 19.1 Å². The first-order valence-electron chi connectivity index (χ1n) is 10.7. The number of amides is 1. The van der Waals surface area contributed by atoms with E-state index < -0.39 is 0 Å². The van der Waals surface area contributed by atoms with Crippen LogP contribution >= 0.6 is 0 Å². The van der Waals surface area contributed by atoms with Crippen LogP contribution in [0.5, 0.6) is 0 Å². The number of anilines is 1. The van der Waals surface area contributed by atoms with Gasteiger partial charge in [0.15, 0.2) is 0 Å². The van der Waals surface area contributed by atoms with Crippen LogP contribution in [-0.4, -0.2) is 32.6 Å². The van der Waals surface area contributed by atoms with Crippen molar-refractivity contribution in [2.75, 3.05) is 25.7 Å². The first-order chi connectivity index (χ1) is 15.0. The summed E-state index contributed by atoms with van der Waals surface area (Å²) in [5.74, 6) is 0.349. The van der Waals surface area contributed by atoms with Crippen molar-refractivity contribution in [1.29, 1.82) is 0 Å². The molecule has 1 atom stereocenters. The third-order valence-corrected chi connectivity index (χ3v) is 6.17. The van der Waals surface area contributed by atoms with Crippen molar-refractivity contribution in [2.45, 2.75) is 38.1 Å². The van der Waals surface area contributed by atoms with Gasteiger partial charge in [-0.15, -0.1) is 0 Å². The number of hydrogen-bond donors (Lipinski definition) is 1. The molecule has 0 spiro atoms. The van der Waals surface area contributed by atoms with Crippen LogP contribution in [-0.2, 0) is 31.9 Å². The van der Waals surface area contributed by atoms with Crippen molar-refractivity contribution in [3.8, 4) is 0 Å². The van der Waals surface area contributed by atoms with Gasteiger partial charge < -0.3 is 20.1 Å². The second kappa shape index (κ2) is 8.94. The number of benzene rings is 2. The molecule has 0 bridgehead atoms. The quantitative estimate of drug-likeness (QED) is 0.723. The standard InChI is InChI=1S/C25H28N2O4/c1-30-22-15-27(19-11-12-20-18(14-19)4-3-5-21(20)26)25(29)24(22)17-9-6-16(7-10-17)8-13-23(28)31-2/h6-7,9-12,14,21H,3-5,8,13,15,26H2,1-2H3. The zero-order valence-electron chi connectivity index (χ0n) is 18.0. The molecule has 0 saturated carbocycles. The predicted molar refractivity (Wildman–Crippen MR) is 119 cm³/mol. The minimum Gasteiger partial charge on any atom is -0.498 e. The summed E-state index contributed by atoms with van der Waals surface area (Å²) in [4.78, 5) is 26.5. The molecule has 1 heterocycles. The molecule has 31 heavy (non-hydrogen) atoms. The summed E-state index contributed by atoms with van der Waals surface area (Å²) in [6, 6.07) is 13.9. The topological polar surface area (TPSA) is 81.9 Å². The number of esters is 1. The highest BCUT2D eigenvalue weighted by molar-refractivity contribution is 6.29. The van der Waals surface area contributed by atoms with Crippen LogP contribution in [0.2, 0.25) is 0 Å². The van der Waals surface area contributed by atoms with Crippen LogP contribution in [0.3, 0.4) is 0 Å². The SMILES string of the molecule is COC(=O)CCc1ccc(C2=C(OC)CN(c3ccc4c(c3)CCCC4N)C2=O)cc1. The fraction of sp³-hybridized carbons (Fsp3) is 0.360. The van der Waals surface area contributed by atoms with Gasteiger partial charge in [0, 0.05) is 18.2 Å². The molecular weight excluding hydrogens is 392 g/mol. The number of rotatable bonds is 6. The maximum Gasteiger partial charge on any atom is 0.305 e. The number of hydrogen-bond acceptors (Lipinski definition) is 5. The summed E-state index contributed by atoms with van der Waals surface area (Å²) in [6.45, 7) is 0.402. The lowest BCUT2D eigenvalue weighted by Gasteiger charge is -2.25. The highest BCUT2D eigenvalue weighted by Gasteiger charge is 2.34. The van der Waals surface area contributed by atoms with Gasteiger partial charge in [-0.3, -0.25) is 9.59 Å². The van der Waals surface area contributed by atoms with E-state index in [2.05, 4.69) is 12.1 Å². The predicted octanol–water partition coefficient (Wildman–Crippen LogP) is 3.53. The Morgan fingerprint density at radius 2 is 1.94 bits per heavy atom. The summed E-state index contributed by atoms with van der Waals surface area (Å²) in [5.41, 5.74) is 11.9. The van der Waals surface area contributed by atoms with E-state index in [1.54, 1.807) is 12.0 Å². The minimum absolute atomic E-state index is 0.0702. The first kappa shape index (κ1) is 21.1. The van der Waals surface area contributed by atoms with Gasteiger partial charge >= 0.3 is 5.97 Å². The fourth-order valence-corrected chi connectivity index (χ4v) is 4.40. The molecule has 2 N–H and O–H groups in total. The minimum atomic E-state index is -0.235. The molecule has 2 aliphatic rings. The Labute approximate surface area is 182 Å². The average molecular weight is 421 g/mol. The van der Waals surface area contributed by atoms with Crippen LogP contribution in [0.4, 0.5) is 5.69 Å². The van der Waals surface area contributed by atoms with Crippen molar-refractivity contribution in [3.05, 3.63) is 70.5 Å². The van der Waals surface area contributed by atoms with Gasteiger partial charge in [-0.25, -0.2) is 0 Å². The third kappa shape index (κ3) is 4.21. The molecule has 1 unspecified atom stereocenters. The Morgan fingerprint density at radius 1 is 1.16 bits per heavy atom. The number of nitrogens with two attached hydrogens (primary N) is 1. The van der Waals surface area contributed by atoms with Gasteiger partial charge in [0.05, 0.1) is 26.3 Å². The maximum atomic E-state index is 13.3. The van der Waals surface area contributed by atoms with E-state index in [9.17, 15) is 9.59 Å². The molecule has 2 aromatic carbocycles. The van der Waals surface area contributed by atoms with Crippen LogP contribution in [0.15, 0.2) is 48.2 Å². The molecule has 2 aromatic rings. The van der Waals surface area contributed by atoms with Crippen LogP contribution in [0, 0.1) is 0 Å². The molecule has 0 radical (unpaired) electrons. The normalized spacial score (nSPS) is 18.2. The van der Waals surface area contributed by atoms with Crippen LogP contribution in [0.25, 0.3) is 5.57 Å². The summed E-state index contributed by atoms with van der Waals surface area (Å²) in [6.07, 6.45) is 3.99.